The molecule has 3 aromatic carbocycles. The predicted octanol–water partition coefficient (Wildman–Crippen LogP) is 5.67. The zero-order chi connectivity index (χ0) is 30.4. The number of imide groups is 1. The maximum Gasteiger partial charge on any atom is 0.308 e. The van der Waals surface area contributed by atoms with Crippen LogP contribution in [0.2, 0.25) is 10.0 Å². The molecular formula is C30H23Cl2N3O6S2. The quantitative estimate of drug-likeness (QED) is 0.256. The fourth-order valence-corrected chi connectivity index (χ4v) is 8.54. The number of nitrogens with one attached hydrogen (secondary N) is 1. The van der Waals surface area contributed by atoms with Crippen molar-refractivity contribution < 1.29 is 23.9 Å². The molecule has 0 unspecified atom stereocenters. The van der Waals surface area contributed by atoms with E-state index in [2.05, 4.69) is 5.32 Å². The van der Waals surface area contributed by atoms with Crippen molar-refractivity contribution in [3.63, 3.8) is 0 Å². The number of halogens is 2. The van der Waals surface area contributed by atoms with Crippen molar-refractivity contribution in [2.75, 3.05) is 24.4 Å². The second kappa shape index (κ2) is 11.7. The first-order chi connectivity index (χ1) is 20.7. The number of rotatable bonds is 7. The number of thiazole rings is 1. The number of hydrogen-bond donors (Lipinski definition) is 1. The fourth-order valence-electron chi connectivity index (χ4n) is 5.36. The number of benzene rings is 3. The van der Waals surface area contributed by atoms with Gasteiger partial charge in [0.1, 0.15) is 23.3 Å². The van der Waals surface area contributed by atoms with Gasteiger partial charge in [0, 0.05) is 16.5 Å². The van der Waals surface area contributed by atoms with Crippen molar-refractivity contribution in [1.82, 2.24) is 4.57 Å². The van der Waals surface area contributed by atoms with Gasteiger partial charge in [-0.15, -0.1) is 0 Å². The highest BCUT2D eigenvalue weighted by Gasteiger charge is 2.57. The normalized spacial score (nSPS) is 19.2. The first kappa shape index (κ1) is 29.3. The van der Waals surface area contributed by atoms with Crippen LogP contribution in [0.25, 0.3) is 0 Å². The van der Waals surface area contributed by atoms with Gasteiger partial charge < -0.3 is 14.8 Å². The van der Waals surface area contributed by atoms with Crippen LogP contribution in [-0.4, -0.2) is 41.8 Å². The first-order valence-corrected chi connectivity index (χ1v) is 15.5. The van der Waals surface area contributed by atoms with E-state index in [0.29, 0.717) is 38.3 Å². The van der Waals surface area contributed by atoms with Gasteiger partial charge in [-0.05, 0) is 60.2 Å². The molecule has 43 heavy (non-hydrogen) atoms. The van der Waals surface area contributed by atoms with E-state index in [4.69, 9.17) is 32.7 Å². The summed E-state index contributed by atoms with van der Waals surface area (Å²) in [7, 11) is 3.07. The Hall–Kier alpha value is -3.77. The number of carbonyl (C=O) groups is 3. The van der Waals surface area contributed by atoms with Gasteiger partial charge in [-0.25, -0.2) is 4.90 Å². The zero-order valence-electron chi connectivity index (χ0n) is 22.7. The molecule has 0 saturated carbocycles. The topological polar surface area (TPSA) is 107 Å². The predicted molar refractivity (Wildman–Crippen MR) is 167 cm³/mol. The number of ether oxygens (including phenoxy) is 2. The summed E-state index contributed by atoms with van der Waals surface area (Å²) in [4.78, 5) is 55.7. The molecule has 220 valence electrons. The van der Waals surface area contributed by atoms with E-state index in [0.717, 1.165) is 23.1 Å². The Balaban J connectivity index is 1.40. The molecule has 2 aliphatic heterocycles. The maximum absolute atomic E-state index is 14.0. The van der Waals surface area contributed by atoms with Crippen molar-refractivity contribution in [2.24, 2.45) is 5.92 Å². The van der Waals surface area contributed by atoms with E-state index < -0.39 is 39.7 Å². The molecule has 1 saturated heterocycles. The standard InChI is InChI=1S/C30H23Cl2N3O6S2/c1-40-17-10-6-15(7-11-17)33-21(36)14-34-29-26(43-30(34)39)22(19-4-3-5-20(31)24(19)32)23-25(42-29)28(38)35(27(23)37)16-8-12-18(41-2)13-9-16/h3-13,22-23,25H,14H2,1-2H3,(H,33,36)/t22-,23-,25+/m0/s1. The minimum Gasteiger partial charge on any atom is -0.497 e. The summed E-state index contributed by atoms with van der Waals surface area (Å²) in [5.74, 6) is -1.65. The van der Waals surface area contributed by atoms with Crippen LogP contribution in [0.3, 0.4) is 0 Å². The third-order valence-electron chi connectivity index (χ3n) is 7.37. The van der Waals surface area contributed by atoms with Crippen LogP contribution in [0.1, 0.15) is 16.4 Å². The molecule has 0 bridgehead atoms. The van der Waals surface area contributed by atoms with Crippen LogP contribution in [0.5, 0.6) is 11.5 Å². The molecule has 3 heterocycles. The van der Waals surface area contributed by atoms with E-state index in [1.165, 1.54) is 16.6 Å². The van der Waals surface area contributed by atoms with Gasteiger partial charge in [-0.3, -0.25) is 23.7 Å². The minimum absolute atomic E-state index is 0.235. The molecule has 1 fully saturated rings. The monoisotopic (exact) mass is 655 g/mol. The fraction of sp³-hybridized carbons (Fsp3) is 0.200. The van der Waals surface area contributed by atoms with E-state index in [1.54, 1.807) is 73.8 Å². The Bertz CT molecular complexity index is 1810. The molecule has 1 N–H and O–H groups in total. The summed E-state index contributed by atoms with van der Waals surface area (Å²) in [5, 5.41) is 2.88. The van der Waals surface area contributed by atoms with Gasteiger partial charge in [0.2, 0.25) is 17.7 Å². The van der Waals surface area contributed by atoms with Gasteiger partial charge in [-0.1, -0.05) is 58.4 Å². The largest absolute Gasteiger partial charge is 0.497 e. The lowest BCUT2D eigenvalue weighted by Gasteiger charge is -2.31. The van der Waals surface area contributed by atoms with Crippen molar-refractivity contribution in [1.29, 1.82) is 0 Å². The Morgan fingerprint density at radius 1 is 0.907 bits per heavy atom. The Kier molecular flexibility index (Phi) is 7.99. The average Bonchev–Trinajstić information content (AvgIpc) is 3.45. The molecule has 1 aromatic heterocycles. The smallest absolute Gasteiger partial charge is 0.308 e. The number of nitrogens with zero attached hydrogens (tertiary/aromatic N) is 2. The minimum atomic E-state index is -0.868. The molecule has 0 spiro atoms. The van der Waals surface area contributed by atoms with Crippen molar-refractivity contribution in [2.45, 2.75) is 22.7 Å². The summed E-state index contributed by atoms with van der Waals surface area (Å²) in [6, 6.07) is 18.5. The van der Waals surface area contributed by atoms with Gasteiger partial charge >= 0.3 is 4.87 Å². The maximum atomic E-state index is 14.0. The van der Waals surface area contributed by atoms with Crippen molar-refractivity contribution in [3.05, 3.63) is 96.9 Å². The van der Waals surface area contributed by atoms with Crippen molar-refractivity contribution in [3.8, 4) is 11.5 Å². The molecule has 4 aromatic rings. The Labute approximate surface area is 264 Å². The first-order valence-electron chi connectivity index (χ1n) is 13.0. The van der Waals surface area contributed by atoms with Crippen LogP contribution in [0, 0.1) is 5.92 Å². The van der Waals surface area contributed by atoms with Gasteiger partial charge in [0.25, 0.3) is 0 Å². The molecule has 6 rings (SSSR count). The molecule has 3 amide bonds. The summed E-state index contributed by atoms with van der Waals surface area (Å²) < 4.78 is 11.7. The lowest BCUT2D eigenvalue weighted by atomic mass is 9.83. The second-order valence-electron chi connectivity index (χ2n) is 9.80. The van der Waals surface area contributed by atoms with E-state index >= 15 is 0 Å². The number of methoxy groups -OCH3 is 2. The third kappa shape index (κ3) is 5.20. The summed E-state index contributed by atoms with van der Waals surface area (Å²) >= 11 is 15.1. The molecule has 9 nitrogen and oxygen atoms in total. The Morgan fingerprint density at radius 2 is 1.56 bits per heavy atom. The lowest BCUT2D eigenvalue weighted by molar-refractivity contribution is -0.122. The lowest BCUT2D eigenvalue weighted by Crippen LogP contribution is -2.33. The van der Waals surface area contributed by atoms with Crippen molar-refractivity contribution >= 4 is 75.4 Å². The summed E-state index contributed by atoms with van der Waals surface area (Å²) in [6.45, 7) is -0.290. The number of carbonyl (C=O) groups excluding carboxylic acids is 3. The molecule has 0 aliphatic carbocycles. The Morgan fingerprint density at radius 3 is 2.21 bits per heavy atom. The van der Waals surface area contributed by atoms with E-state index in [1.807, 2.05) is 0 Å². The number of thioether (sulfide) groups is 1. The summed E-state index contributed by atoms with van der Waals surface area (Å²) in [5.41, 5.74) is 1.46. The molecule has 0 radical (unpaired) electrons. The number of aromatic nitrogens is 1. The van der Waals surface area contributed by atoms with Crippen LogP contribution in [-0.2, 0) is 20.9 Å². The van der Waals surface area contributed by atoms with Crippen LogP contribution >= 0.6 is 46.3 Å². The number of hydrogen-bond acceptors (Lipinski definition) is 8. The zero-order valence-corrected chi connectivity index (χ0v) is 25.9. The van der Waals surface area contributed by atoms with Gasteiger partial charge in [0.15, 0.2) is 0 Å². The highest BCUT2D eigenvalue weighted by molar-refractivity contribution is 8.00. The van der Waals surface area contributed by atoms with E-state index in [9.17, 15) is 19.2 Å². The van der Waals surface area contributed by atoms with E-state index in [-0.39, 0.29) is 16.6 Å². The van der Waals surface area contributed by atoms with Crippen LogP contribution < -0.4 is 24.6 Å². The number of fused-ring (bicyclic) bond motifs is 2. The number of amides is 3. The highest BCUT2D eigenvalue weighted by atomic mass is 35.5. The molecule has 2 aliphatic rings. The highest BCUT2D eigenvalue weighted by Crippen LogP contribution is 2.55. The molecular weight excluding hydrogens is 633 g/mol. The number of anilines is 2. The van der Waals surface area contributed by atoms with Crippen LogP contribution in [0.4, 0.5) is 11.4 Å². The average molecular weight is 657 g/mol. The molecule has 13 heteroatoms. The third-order valence-corrected chi connectivity index (χ3v) is 10.8. The SMILES string of the molecule is COc1ccc(NC(=O)Cn2c3c(sc2=O)[C@@H](c2cccc(Cl)c2Cl)[C@@H]2C(=O)N(c4ccc(OC)cc4)C(=O)[C@@H]2S3)cc1. The molecule has 3 atom stereocenters. The van der Waals surface area contributed by atoms with Gasteiger partial charge in [-0.2, -0.15) is 0 Å². The second-order valence-corrected chi connectivity index (χ2v) is 12.7. The summed E-state index contributed by atoms with van der Waals surface area (Å²) in [6.07, 6.45) is 0. The van der Waals surface area contributed by atoms with Crippen LogP contribution in [0.15, 0.2) is 76.6 Å². The van der Waals surface area contributed by atoms with Gasteiger partial charge in [0.05, 0.1) is 40.9 Å².